The van der Waals surface area contributed by atoms with Crippen molar-refractivity contribution in [1.82, 2.24) is 9.62 Å². The minimum Gasteiger partial charge on any atom is -0.497 e. The van der Waals surface area contributed by atoms with Crippen LogP contribution in [0.25, 0.3) is 0 Å². The molecule has 2 fully saturated rings. The van der Waals surface area contributed by atoms with Crippen LogP contribution < -0.4 is 14.8 Å². The molecule has 1 saturated heterocycles. The van der Waals surface area contributed by atoms with Crippen molar-refractivity contribution in [1.29, 1.82) is 0 Å². The summed E-state index contributed by atoms with van der Waals surface area (Å²) in [6.07, 6.45) is 4.35. The second kappa shape index (κ2) is 7.29. The highest BCUT2D eigenvalue weighted by Crippen LogP contribution is 2.32. The van der Waals surface area contributed by atoms with E-state index in [1.54, 1.807) is 16.4 Å². The Labute approximate surface area is 144 Å². The average molecular weight is 354 g/mol. The Kier molecular flexibility index (Phi) is 5.32. The van der Waals surface area contributed by atoms with E-state index in [2.05, 4.69) is 5.32 Å². The summed E-state index contributed by atoms with van der Waals surface area (Å²) in [6, 6.07) is 5.29. The van der Waals surface area contributed by atoms with E-state index in [0.29, 0.717) is 30.6 Å². The molecule has 0 unspecified atom stereocenters. The van der Waals surface area contributed by atoms with Crippen molar-refractivity contribution in [2.75, 3.05) is 33.9 Å². The van der Waals surface area contributed by atoms with Gasteiger partial charge in [-0.2, -0.15) is 4.31 Å². The molecule has 1 N–H and O–H groups in total. The molecule has 1 aliphatic heterocycles. The molecule has 0 atom stereocenters. The summed E-state index contributed by atoms with van der Waals surface area (Å²) in [5.74, 6) is 1.70. The molecule has 3 rings (SSSR count). The van der Waals surface area contributed by atoms with Gasteiger partial charge in [-0.1, -0.05) is 0 Å². The molecule has 134 valence electrons. The van der Waals surface area contributed by atoms with Gasteiger partial charge in [-0.25, -0.2) is 8.42 Å². The Morgan fingerprint density at radius 3 is 2.42 bits per heavy atom. The zero-order chi connectivity index (χ0) is 17.2. The van der Waals surface area contributed by atoms with Gasteiger partial charge in [0.1, 0.15) is 16.4 Å². The number of piperidine rings is 1. The minimum atomic E-state index is -3.58. The van der Waals surface area contributed by atoms with Gasteiger partial charge < -0.3 is 14.8 Å². The van der Waals surface area contributed by atoms with Crippen LogP contribution in [0.3, 0.4) is 0 Å². The monoisotopic (exact) mass is 354 g/mol. The van der Waals surface area contributed by atoms with E-state index in [1.807, 2.05) is 0 Å². The molecule has 0 aromatic heterocycles. The molecule has 1 aromatic rings. The topological polar surface area (TPSA) is 67.9 Å². The van der Waals surface area contributed by atoms with Gasteiger partial charge in [-0.15, -0.1) is 0 Å². The Balaban J connectivity index is 1.69. The number of rotatable bonds is 7. The van der Waals surface area contributed by atoms with Gasteiger partial charge in [0.05, 0.1) is 14.2 Å². The molecular weight excluding hydrogens is 328 g/mol. The van der Waals surface area contributed by atoms with Crippen LogP contribution in [-0.4, -0.2) is 52.6 Å². The molecule has 0 spiro atoms. The smallest absolute Gasteiger partial charge is 0.246 e. The van der Waals surface area contributed by atoms with Crippen molar-refractivity contribution >= 4 is 10.0 Å². The summed E-state index contributed by atoms with van der Waals surface area (Å²) in [7, 11) is -0.575. The van der Waals surface area contributed by atoms with Crippen molar-refractivity contribution in [3.63, 3.8) is 0 Å². The maximum Gasteiger partial charge on any atom is 0.246 e. The molecule has 1 saturated carbocycles. The maximum absolute atomic E-state index is 13.0. The molecule has 1 aliphatic carbocycles. The summed E-state index contributed by atoms with van der Waals surface area (Å²) in [4.78, 5) is 0.175. The first-order valence-corrected chi connectivity index (χ1v) is 9.94. The van der Waals surface area contributed by atoms with Crippen LogP contribution >= 0.6 is 0 Å². The second-order valence-electron chi connectivity index (χ2n) is 6.55. The van der Waals surface area contributed by atoms with Gasteiger partial charge in [0.15, 0.2) is 0 Å². The van der Waals surface area contributed by atoms with Crippen LogP contribution in [0.2, 0.25) is 0 Å². The second-order valence-corrected chi connectivity index (χ2v) is 8.45. The van der Waals surface area contributed by atoms with Crippen LogP contribution in [0.1, 0.15) is 25.7 Å². The normalized spacial score (nSPS) is 20.1. The number of methoxy groups -OCH3 is 2. The third-order valence-electron chi connectivity index (χ3n) is 4.83. The van der Waals surface area contributed by atoms with Crippen molar-refractivity contribution in [2.24, 2.45) is 5.92 Å². The molecular formula is C17H26N2O4S. The van der Waals surface area contributed by atoms with E-state index in [-0.39, 0.29) is 4.90 Å². The number of sulfonamides is 1. The molecule has 1 heterocycles. The quantitative estimate of drug-likeness (QED) is 0.809. The first kappa shape index (κ1) is 17.5. The highest BCUT2D eigenvalue weighted by molar-refractivity contribution is 7.89. The van der Waals surface area contributed by atoms with Crippen LogP contribution in [-0.2, 0) is 10.0 Å². The van der Waals surface area contributed by atoms with Crippen molar-refractivity contribution in [3.8, 4) is 11.5 Å². The lowest BCUT2D eigenvalue weighted by Crippen LogP contribution is -2.45. The maximum atomic E-state index is 13.0. The largest absolute Gasteiger partial charge is 0.497 e. The lowest BCUT2D eigenvalue weighted by atomic mass is 10.1. The van der Waals surface area contributed by atoms with Gasteiger partial charge in [0.2, 0.25) is 10.0 Å². The lowest BCUT2D eigenvalue weighted by Gasteiger charge is -2.32. The van der Waals surface area contributed by atoms with E-state index in [0.717, 1.165) is 25.3 Å². The minimum absolute atomic E-state index is 0.175. The highest BCUT2D eigenvalue weighted by atomic mass is 32.2. The zero-order valence-corrected chi connectivity index (χ0v) is 15.1. The Bertz CT molecular complexity index is 665. The number of nitrogens with zero attached hydrogens (tertiary/aromatic N) is 1. The van der Waals surface area contributed by atoms with E-state index < -0.39 is 10.0 Å². The fraction of sp³-hybridized carbons (Fsp3) is 0.647. The van der Waals surface area contributed by atoms with Gasteiger partial charge >= 0.3 is 0 Å². The average Bonchev–Trinajstić information content (AvgIpc) is 3.44. The Morgan fingerprint density at radius 1 is 1.12 bits per heavy atom. The predicted molar refractivity (Wildman–Crippen MR) is 92.1 cm³/mol. The number of hydrogen-bond acceptors (Lipinski definition) is 5. The SMILES string of the molecule is COc1ccc(OC)c(S(=O)(=O)N2CCC(NCC3CC3)CC2)c1. The van der Waals surface area contributed by atoms with Crippen LogP contribution in [0.5, 0.6) is 11.5 Å². The summed E-state index contributed by atoms with van der Waals surface area (Å²) in [5, 5.41) is 3.57. The van der Waals surface area contributed by atoms with E-state index in [4.69, 9.17) is 9.47 Å². The summed E-state index contributed by atoms with van der Waals surface area (Å²) >= 11 is 0. The first-order valence-electron chi connectivity index (χ1n) is 8.50. The zero-order valence-electron chi connectivity index (χ0n) is 14.3. The van der Waals surface area contributed by atoms with Crippen molar-refractivity contribution in [2.45, 2.75) is 36.6 Å². The van der Waals surface area contributed by atoms with Crippen molar-refractivity contribution in [3.05, 3.63) is 18.2 Å². The van der Waals surface area contributed by atoms with Crippen LogP contribution in [0, 0.1) is 5.92 Å². The van der Waals surface area contributed by atoms with E-state index >= 15 is 0 Å². The summed E-state index contributed by atoms with van der Waals surface area (Å²) in [5.41, 5.74) is 0. The lowest BCUT2D eigenvalue weighted by molar-refractivity contribution is 0.286. The summed E-state index contributed by atoms with van der Waals surface area (Å²) in [6.45, 7) is 2.14. The van der Waals surface area contributed by atoms with Gasteiger partial charge in [0, 0.05) is 25.2 Å². The molecule has 0 amide bonds. The van der Waals surface area contributed by atoms with Gasteiger partial charge in [-0.05, 0) is 50.3 Å². The number of ether oxygens (including phenoxy) is 2. The fourth-order valence-electron chi connectivity index (χ4n) is 3.08. The summed E-state index contributed by atoms with van der Waals surface area (Å²) < 4.78 is 37.9. The van der Waals surface area contributed by atoms with E-state index in [1.165, 1.54) is 33.1 Å². The van der Waals surface area contributed by atoms with E-state index in [9.17, 15) is 8.42 Å². The van der Waals surface area contributed by atoms with Crippen LogP contribution in [0.4, 0.5) is 0 Å². The molecule has 6 nitrogen and oxygen atoms in total. The molecule has 1 aromatic carbocycles. The highest BCUT2D eigenvalue weighted by Gasteiger charge is 2.32. The van der Waals surface area contributed by atoms with Gasteiger partial charge in [-0.3, -0.25) is 0 Å². The number of hydrogen-bond donors (Lipinski definition) is 1. The molecule has 0 bridgehead atoms. The van der Waals surface area contributed by atoms with Gasteiger partial charge in [0.25, 0.3) is 0 Å². The first-order chi connectivity index (χ1) is 11.5. The molecule has 7 heteroatoms. The predicted octanol–water partition coefficient (Wildman–Crippen LogP) is 1.86. The molecule has 0 radical (unpaired) electrons. The Hall–Kier alpha value is -1.31. The number of nitrogens with one attached hydrogen (secondary N) is 1. The fourth-order valence-corrected chi connectivity index (χ4v) is 4.72. The molecule has 24 heavy (non-hydrogen) atoms. The standard InChI is InChI=1S/C17H26N2O4S/c1-22-15-5-6-16(23-2)17(11-15)24(20,21)19-9-7-14(8-10-19)18-12-13-3-4-13/h5-6,11,13-14,18H,3-4,7-10,12H2,1-2H3. The Morgan fingerprint density at radius 2 is 1.83 bits per heavy atom. The third-order valence-corrected chi connectivity index (χ3v) is 6.75. The molecule has 2 aliphatic rings. The third kappa shape index (κ3) is 3.84. The van der Waals surface area contributed by atoms with Crippen LogP contribution in [0.15, 0.2) is 23.1 Å². The number of benzene rings is 1. The van der Waals surface area contributed by atoms with Crippen molar-refractivity contribution < 1.29 is 17.9 Å².